The zero-order chi connectivity index (χ0) is 13.0. The quantitative estimate of drug-likeness (QED) is 0.782. The number of amides is 1. The van der Waals surface area contributed by atoms with Crippen LogP contribution in [0.15, 0.2) is 24.3 Å². The average Bonchev–Trinajstić information content (AvgIpc) is 2.27. The second kappa shape index (κ2) is 5.82. The van der Waals surface area contributed by atoms with Gasteiger partial charge in [0.05, 0.1) is 0 Å². The number of alkyl halides is 3. The van der Waals surface area contributed by atoms with Gasteiger partial charge in [0.15, 0.2) is 0 Å². The number of halogens is 3. The van der Waals surface area contributed by atoms with E-state index in [2.05, 4.69) is 4.74 Å². The summed E-state index contributed by atoms with van der Waals surface area (Å²) >= 11 is 5.92. The highest BCUT2D eigenvalue weighted by molar-refractivity contribution is 6.30. The van der Waals surface area contributed by atoms with Crippen molar-refractivity contribution in [3.05, 3.63) is 29.8 Å². The molecule has 0 aliphatic rings. The summed E-state index contributed by atoms with van der Waals surface area (Å²) in [4.78, 5) is 12.9. The Morgan fingerprint density at radius 1 is 1.35 bits per heavy atom. The van der Waals surface area contributed by atoms with E-state index in [0.717, 1.165) is 0 Å². The minimum Gasteiger partial charge on any atom is -0.434 e. The SMILES string of the molecule is CN(C)C(=O)C(Cl)c1ccccc1OC(F)F. The molecular formula is C11H12ClF2NO2. The number of hydrogen-bond acceptors (Lipinski definition) is 2. The first-order valence-electron chi connectivity index (χ1n) is 4.82. The van der Waals surface area contributed by atoms with Gasteiger partial charge in [0.1, 0.15) is 11.1 Å². The van der Waals surface area contributed by atoms with E-state index in [9.17, 15) is 13.6 Å². The monoisotopic (exact) mass is 263 g/mol. The van der Waals surface area contributed by atoms with Gasteiger partial charge in [0.2, 0.25) is 5.91 Å². The van der Waals surface area contributed by atoms with E-state index in [1.165, 1.54) is 37.2 Å². The molecule has 3 nitrogen and oxygen atoms in total. The third kappa shape index (κ3) is 3.56. The Bertz CT molecular complexity index is 399. The fourth-order valence-corrected chi connectivity index (χ4v) is 1.63. The molecule has 94 valence electrons. The third-order valence-corrected chi connectivity index (χ3v) is 2.49. The summed E-state index contributed by atoms with van der Waals surface area (Å²) in [6.07, 6.45) is 0. The predicted molar refractivity (Wildman–Crippen MR) is 60.4 cm³/mol. The Kier molecular flexibility index (Phi) is 4.69. The molecule has 1 aromatic rings. The molecule has 17 heavy (non-hydrogen) atoms. The molecule has 1 rings (SSSR count). The van der Waals surface area contributed by atoms with Gasteiger partial charge in [-0.2, -0.15) is 8.78 Å². The van der Waals surface area contributed by atoms with Crippen molar-refractivity contribution >= 4 is 17.5 Å². The van der Waals surface area contributed by atoms with Crippen molar-refractivity contribution in [1.29, 1.82) is 0 Å². The van der Waals surface area contributed by atoms with Crippen LogP contribution in [0.25, 0.3) is 0 Å². The molecule has 0 aliphatic carbocycles. The standard InChI is InChI=1S/C11H12ClF2NO2/c1-15(2)10(16)9(12)7-5-3-4-6-8(7)17-11(13)14/h3-6,9,11H,1-2H3. The summed E-state index contributed by atoms with van der Waals surface area (Å²) in [5.41, 5.74) is 0.230. The van der Waals surface area contributed by atoms with Crippen LogP contribution in [0.5, 0.6) is 5.75 Å². The van der Waals surface area contributed by atoms with Crippen LogP contribution in [0.3, 0.4) is 0 Å². The van der Waals surface area contributed by atoms with E-state index in [-0.39, 0.29) is 11.3 Å². The molecule has 1 unspecified atom stereocenters. The number of nitrogens with zero attached hydrogens (tertiary/aromatic N) is 1. The summed E-state index contributed by atoms with van der Waals surface area (Å²) < 4.78 is 28.6. The molecular weight excluding hydrogens is 252 g/mol. The number of hydrogen-bond donors (Lipinski definition) is 0. The number of likely N-dealkylation sites (N-methyl/N-ethyl adjacent to an activating group) is 1. The smallest absolute Gasteiger partial charge is 0.387 e. The molecule has 0 bridgehead atoms. The van der Waals surface area contributed by atoms with E-state index in [0.29, 0.717) is 0 Å². The number of carbonyl (C=O) groups excluding carboxylic acids is 1. The second-order valence-electron chi connectivity index (χ2n) is 3.51. The molecule has 0 aliphatic heterocycles. The lowest BCUT2D eigenvalue weighted by Gasteiger charge is -2.18. The highest BCUT2D eigenvalue weighted by Crippen LogP contribution is 2.31. The molecule has 0 spiro atoms. The maximum absolute atomic E-state index is 12.2. The lowest BCUT2D eigenvalue weighted by Crippen LogP contribution is -2.26. The minimum absolute atomic E-state index is 0.0855. The Labute approximate surface area is 103 Å². The summed E-state index contributed by atoms with van der Waals surface area (Å²) in [7, 11) is 3.07. The van der Waals surface area contributed by atoms with Crippen LogP contribution in [-0.2, 0) is 4.79 Å². The number of ether oxygens (including phenoxy) is 1. The van der Waals surface area contributed by atoms with E-state index in [4.69, 9.17) is 11.6 Å². The normalized spacial score (nSPS) is 12.4. The zero-order valence-corrected chi connectivity index (χ0v) is 10.1. The van der Waals surface area contributed by atoms with Crippen molar-refractivity contribution in [2.24, 2.45) is 0 Å². The molecule has 1 atom stereocenters. The van der Waals surface area contributed by atoms with Crippen molar-refractivity contribution in [3.63, 3.8) is 0 Å². The van der Waals surface area contributed by atoms with Crippen LogP contribution < -0.4 is 4.74 Å². The van der Waals surface area contributed by atoms with Gasteiger partial charge in [0.25, 0.3) is 0 Å². The topological polar surface area (TPSA) is 29.5 Å². The van der Waals surface area contributed by atoms with E-state index in [1.54, 1.807) is 6.07 Å². The summed E-state index contributed by atoms with van der Waals surface area (Å²) in [5.74, 6) is -0.477. The van der Waals surface area contributed by atoms with Gasteiger partial charge in [0, 0.05) is 19.7 Å². The van der Waals surface area contributed by atoms with Gasteiger partial charge in [-0.3, -0.25) is 4.79 Å². The van der Waals surface area contributed by atoms with Crippen molar-refractivity contribution in [3.8, 4) is 5.75 Å². The van der Waals surface area contributed by atoms with Crippen LogP contribution >= 0.6 is 11.6 Å². The van der Waals surface area contributed by atoms with Crippen molar-refractivity contribution in [2.75, 3.05) is 14.1 Å². The molecule has 6 heteroatoms. The van der Waals surface area contributed by atoms with Crippen LogP contribution in [0, 0.1) is 0 Å². The second-order valence-corrected chi connectivity index (χ2v) is 3.95. The van der Waals surface area contributed by atoms with Crippen LogP contribution in [-0.4, -0.2) is 31.5 Å². The molecule has 0 aromatic heterocycles. The summed E-state index contributed by atoms with van der Waals surface area (Å²) in [6, 6.07) is 5.97. The Balaban J connectivity index is 3.00. The molecule has 1 aromatic carbocycles. The first-order valence-corrected chi connectivity index (χ1v) is 5.26. The van der Waals surface area contributed by atoms with E-state index >= 15 is 0 Å². The van der Waals surface area contributed by atoms with Crippen molar-refractivity contribution in [1.82, 2.24) is 4.90 Å². The fourth-order valence-electron chi connectivity index (χ4n) is 1.25. The Morgan fingerprint density at radius 3 is 2.47 bits per heavy atom. The van der Waals surface area contributed by atoms with Crippen molar-refractivity contribution in [2.45, 2.75) is 12.0 Å². The van der Waals surface area contributed by atoms with Gasteiger partial charge in [-0.15, -0.1) is 11.6 Å². The number of para-hydroxylation sites is 1. The molecule has 0 saturated carbocycles. The number of rotatable bonds is 4. The fraction of sp³-hybridized carbons (Fsp3) is 0.364. The van der Waals surface area contributed by atoms with E-state index < -0.39 is 17.9 Å². The number of carbonyl (C=O) groups is 1. The van der Waals surface area contributed by atoms with Gasteiger partial charge < -0.3 is 9.64 Å². The van der Waals surface area contributed by atoms with Crippen molar-refractivity contribution < 1.29 is 18.3 Å². The molecule has 0 heterocycles. The highest BCUT2D eigenvalue weighted by atomic mass is 35.5. The number of benzene rings is 1. The summed E-state index contributed by atoms with van der Waals surface area (Å²) in [6.45, 7) is -2.95. The largest absolute Gasteiger partial charge is 0.434 e. The Hall–Kier alpha value is -1.36. The maximum atomic E-state index is 12.2. The maximum Gasteiger partial charge on any atom is 0.387 e. The van der Waals surface area contributed by atoms with Crippen LogP contribution in [0.4, 0.5) is 8.78 Å². The van der Waals surface area contributed by atoms with Crippen LogP contribution in [0.2, 0.25) is 0 Å². The molecule has 0 radical (unpaired) electrons. The average molecular weight is 264 g/mol. The lowest BCUT2D eigenvalue weighted by atomic mass is 10.1. The molecule has 0 N–H and O–H groups in total. The predicted octanol–water partition coefficient (Wildman–Crippen LogP) is 2.66. The van der Waals surface area contributed by atoms with E-state index in [1.807, 2.05) is 0 Å². The minimum atomic E-state index is -2.95. The zero-order valence-electron chi connectivity index (χ0n) is 9.36. The Morgan fingerprint density at radius 2 is 1.94 bits per heavy atom. The van der Waals surface area contributed by atoms with Gasteiger partial charge in [-0.1, -0.05) is 18.2 Å². The summed E-state index contributed by atoms with van der Waals surface area (Å²) in [5, 5.41) is -1.04. The van der Waals surface area contributed by atoms with Gasteiger partial charge in [-0.25, -0.2) is 0 Å². The first kappa shape index (κ1) is 13.7. The lowest BCUT2D eigenvalue weighted by molar-refractivity contribution is -0.128. The highest BCUT2D eigenvalue weighted by Gasteiger charge is 2.23. The molecule has 1 amide bonds. The third-order valence-electron chi connectivity index (χ3n) is 2.07. The first-order chi connectivity index (χ1) is 7.93. The van der Waals surface area contributed by atoms with Crippen LogP contribution in [0.1, 0.15) is 10.9 Å². The van der Waals surface area contributed by atoms with Gasteiger partial charge in [-0.05, 0) is 6.07 Å². The molecule has 0 saturated heterocycles. The van der Waals surface area contributed by atoms with Gasteiger partial charge >= 0.3 is 6.61 Å². The molecule has 0 fully saturated rings.